The highest BCUT2D eigenvalue weighted by molar-refractivity contribution is 5.91. The summed E-state index contributed by atoms with van der Waals surface area (Å²) in [5.74, 6) is 2.40. The van der Waals surface area contributed by atoms with Gasteiger partial charge in [0.25, 0.3) is 0 Å². The van der Waals surface area contributed by atoms with Crippen molar-refractivity contribution in [2.45, 2.75) is 12.5 Å². The third kappa shape index (κ3) is 3.71. The zero-order valence-corrected chi connectivity index (χ0v) is 11.0. The maximum absolute atomic E-state index is 12.0. The van der Waals surface area contributed by atoms with Crippen LogP contribution in [-0.4, -0.2) is 5.91 Å². The van der Waals surface area contributed by atoms with Crippen LogP contribution >= 0.6 is 0 Å². The van der Waals surface area contributed by atoms with Crippen LogP contribution in [0.4, 0.5) is 5.69 Å². The second-order valence-corrected chi connectivity index (χ2v) is 4.49. The van der Waals surface area contributed by atoms with E-state index >= 15 is 0 Å². The molecule has 2 rings (SSSR count). The maximum atomic E-state index is 12.0. The van der Waals surface area contributed by atoms with Gasteiger partial charge in [0.15, 0.2) is 0 Å². The number of anilines is 1. The van der Waals surface area contributed by atoms with Crippen LogP contribution in [0.2, 0.25) is 0 Å². The number of terminal acetylenes is 1. The van der Waals surface area contributed by atoms with Gasteiger partial charge >= 0.3 is 0 Å². The van der Waals surface area contributed by atoms with E-state index in [9.17, 15) is 4.79 Å². The van der Waals surface area contributed by atoms with Gasteiger partial charge in [0.05, 0.1) is 0 Å². The van der Waals surface area contributed by atoms with Gasteiger partial charge in [-0.05, 0) is 23.8 Å². The smallest absolute Gasteiger partial charge is 0.226 e. The normalized spacial score (nSPS) is 11.4. The second kappa shape index (κ2) is 6.55. The highest BCUT2D eigenvalue weighted by atomic mass is 16.1. The zero-order valence-electron chi connectivity index (χ0n) is 11.0. The number of nitrogens with two attached hydrogens (primary N) is 1. The molecule has 1 atom stereocenters. The number of benzene rings is 2. The first-order chi connectivity index (χ1) is 9.69. The number of carbonyl (C=O) groups is 1. The van der Waals surface area contributed by atoms with Crippen LogP contribution < -0.4 is 11.1 Å². The number of amides is 1. The Bertz CT molecular complexity index is 629. The van der Waals surface area contributed by atoms with Crippen LogP contribution in [-0.2, 0) is 4.79 Å². The van der Waals surface area contributed by atoms with Gasteiger partial charge in [0, 0.05) is 23.7 Å². The third-order valence-corrected chi connectivity index (χ3v) is 2.95. The first-order valence-corrected chi connectivity index (χ1v) is 6.36. The molecule has 0 aliphatic rings. The van der Waals surface area contributed by atoms with Gasteiger partial charge in [0.1, 0.15) is 0 Å². The number of carbonyl (C=O) groups excluding carboxylic acids is 1. The van der Waals surface area contributed by atoms with Crippen molar-refractivity contribution in [1.82, 2.24) is 0 Å². The van der Waals surface area contributed by atoms with Gasteiger partial charge < -0.3 is 11.1 Å². The van der Waals surface area contributed by atoms with Crippen molar-refractivity contribution < 1.29 is 4.79 Å². The van der Waals surface area contributed by atoms with E-state index < -0.39 is 0 Å². The summed E-state index contributed by atoms with van der Waals surface area (Å²) in [5.41, 5.74) is 8.37. The molecule has 3 N–H and O–H groups in total. The molecule has 1 amide bonds. The summed E-state index contributed by atoms with van der Waals surface area (Å²) < 4.78 is 0. The molecule has 2 aromatic carbocycles. The molecule has 0 saturated heterocycles. The fourth-order valence-corrected chi connectivity index (χ4v) is 1.92. The average Bonchev–Trinajstić information content (AvgIpc) is 2.48. The predicted octanol–water partition coefficient (Wildman–Crippen LogP) is 2.70. The molecule has 0 aliphatic carbocycles. The molecule has 0 spiro atoms. The largest absolute Gasteiger partial charge is 0.326 e. The van der Waals surface area contributed by atoms with E-state index in [4.69, 9.17) is 12.2 Å². The van der Waals surface area contributed by atoms with Crippen molar-refractivity contribution in [1.29, 1.82) is 0 Å². The molecule has 0 saturated carbocycles. The minimum absolute atomic E-state index is 0.129. The summed E-state index contributed by atoms with van der Waals surface area (Å²) in [6.45, 7) is 0. The number of hydrogen-bond donors (Lipinski definition) is 2. The van der Waals surface area contributed by atoms with E-state index in [0.29, 0.717) is 5.69 Å². The Hall–Kier alpha value is -2.57. The minimum Gasteiger partial charge on any atom is -0.326 e. The molecule has 3 nitrogen and oxygen atoms in total. The molecule has 0 heterocycles. The van der Waals surface area contributed by atoms with E-state index in [-0.39, 0.29) is 18.4 Å². The molecular weight excluding hydrogens is 248 g/mol. The van der Waals surface area contributed by atoms with Crippen molar-refractivity contribution in [3.05, 3.63) is 65.7 Å². The highest BCUT2D eigenvalue weighted by Gasteiger charge is 2.11. The molecule has 0 fully saturated rings. The summed E-state index contributed by atoms with van der Waals surface area (Å²) >= 11 is 0. The molecule has 0 aliphatic heterocycles. The van der Waals surface area contributed by atoms with Crippen LogP contribution in [0, 0.1) is 12.3 Å². The molecule has 100 valence electrons. The van der Waals surface area contributed by atoms with Crippen molar-refractivity contribution in [3.8, 4) is 12.3 Å². The van der Waals surface area contributed by atoms with Crippen molar-refractivity contribution in [3.63, 3.8) is 0 Å². The van der Waals surface area contributed by atoms with E-state index in [2.05, 4.69) is 11.2 Å². The number of rotatable bonds is 4. The lowest BCUT2D eigenvalue weighted by Gasteiger charge is -2.12. The Kier molecular flexibility index (Phi) is 4.54. The second-order valence-electron chi connectivity index (χ2n) is 4.49. The molecular formula is C17H16N2O. The quantitative estimate of drug-likeness (QED) is 0.834. The molecule has 20 heavy (non-hydrogen) atoms. The highest BCUT2D eigenvalue weighted by Crippen LogP contribution is 2.15. The Labute approximate surface area is 118 Å². The lowest BCUT2D eigenvalue weighted by Crippen LogP contribution is -2.20. The van der Waals surface area contributed by atoms with Gasteiger partial charge in [-0.25, -0.2) is 0 Å². The molecule has 0 aromatic heterocycles. The number of hydrogen-bond acceptors (Lipinski definition) is 2. The molecule has 2 aromatic rings. The molecule has 0 bridgehead atoms. The van der Waals surface area contributed by atoms with Crippen LogP contribution in [0.3, 0.4) is 0 Å². The monoisotopic (exact) mass is 264 g/mol. The first kappa shape index (κ1) is 13.9. The van der Waals surface area contributed by atoms with Crippen molar-refractivity contribution in [2.24, 2.45) is 5.73 Å². The van der Waals surface area contributed by atoms with Gasteiger partial charge in [-0.1, -0.05) is 42.3 Å². The molecule has 0 radical (unpaired) electrons. The maximum Gasteiger partial charge on any atom is 0.226 e. The lowest BCUT2D eigenvalue weighted by molar-refractivity contribution is -0.116. The summed E-state index contributed by atoms with van der Waals surface area (Å²) in [6, 6.07) is 16.4. The van der Waals surface area contributed by atoms with Crippen molar-refractivity contribution in [2.75, 3.05) is 5.32 Å². The van der Waals surface area contributed by atoms with Gasteiger partial charge in [0.2, 0.25) is 5.91 Å². The lowest BCUT2D eigenvalue weighted by atomic mass is 10.0. The van der Waals surface area contributed by atoms with Crippen LogP contribution in [0.1, 0.15) is 23.6 Å². The van der Waals surface area contributed by atoms with Crippen molar-refractivity contribution >= 4 is 11.6 Å². The standard InChI is InChI=1S/C17H16N2O/c1-2-13-7-6-10-15(11-13)19-17(20)12-16(18)14-8-4-3-5-9-14/h1,3-11,16H,12,18H2,(H,19,20). The summed E-state index contributed by atoms with van der Waals surface area (Å²) in [6.07, 6.45) is 5.55. The zero-order chi connectivity index (χ0) is 14.4. The Morgan fingerprint density at radius 2 is 1.95 bits per heavy atom. The van der Waals surface area contributed by atoms with Crippen LogP contribution in [0.15, 0.2) is 54.6 Å². The summed E-state index contributed by atoms with van der Waals surface area (Å²) in [5, 5.41) is 2.80. The Morgan fingerprint density at radius 1 is 1.20 bits per heavy atom. The van der Waals surface area contributed by atoms with E-state index in [1.807, 2.05) is 42.5 Å². The topological polar surface area (TPSA) is 55.1 Å². The first-order valence-electron chi connectivity index (χ1n) is 6.36. The van der Waals surface area contributed by atoms with Crippen LogP contribution in [0.5, 0.6) is 0 Å². The number of nitrogens with one attached hydrogen (secondary N) is 1. The van der Waals surface area contributed by atoms with E-state index in [0.717, 1.165) is 11.1 Å². The third-order valence-electron chi connectivity index (χ3n) is 2.95. The fraction of sp³-hybridized carbons (Fsp3) is 0.118. The van der Waals surface area contributed by atoms with Gasteiger partial charge in [-0.3, -0.25) is 4.79 Å². The van der Waals surface area contributed by atoms with E-state index in [1.54, 1.807) is 12.1 Å². The van der Waals surface area contributed by atoms with E-state index in [1.165, 1.54) is 0 Å². The Balaban J connectivity index is 1.97. The van der Waals surface area contributed by atoms with Gasteiger partial charge in [-0.2, -0.15) is 0 Å². The fourth-order valence-electron chi connectivity index (χ4n) is 1.92. The Morgan fingerprint density at radius 3 is 2.65 bits per heavy atom. The molecule has 1 unspecified atom stereocenters. The van der Waals surface area contributed by atoms with Crippen LogP contribution in [0.25, 0.3) is 0 Å². The summed E-state index contributed by atoms with van der Waals surface area (Å²) in [4.78, 5) is 12.0. The minimum atomic E-state index is -0.313. The summed E-state index contributed by atoms with van der Waals surface area (Å²) in [7, 11) is 0. The average molecular weight is 264 g/mol. The van der Waals surface area contributed by atoms with Gasteiger partial charge in [-0.15, -0.1) is 6.42 Å². The SMILES string of the molecule is C#Cc1cccc(NC(=O)CC(N)c2ccccc2)c1. The molecule has 3 heteroatoms. The predicted molar refractivity (Wildman–Crippen MR) is 81.0 cm³/mol.